The maximum atomic E-state index is 12.1. The Kier molecular flexibility index (Phi) is 34.0. The molecule has 1 aromatic heterocycles. The van der Waals surface area contributed by atoms with Crippen LogP contribution < -0.4 is 21.3 Å². The number of allylic oxidation sites excluding steroid dienone is 1. The van der Waals surface area contributed by atoms with E-state index < -0.39 is 17.4 Å². The van der Waals surface area contributed by atoms with E-state index in [0.29, 0.717) is 55.3 Å². The fourth-order valence-corrected chi connectivity index (χ4v) is 7.99. The molecule has 7 N–H and O–H groups in total. The zero-order valence-electron chi connectivity index (χ0n) is 41.1. The lowest BCUT2D eigenvalue weighted by Crippen LogP contribution is -2.40. The largest absolute Gasteiger partial charge is 0.481 e. The molecule has 366 valence electrons. The summed E-state index contributed by atoms with van der Waals surface area (Å²) in [4.78, 5) is 39.7. The van der Waals surface area contributed by atoms with Crippen LogP contribution >= 0.6 is 11.3 Å². The van der Waals surface area contributed by atoms with Crippen molar-refractivity contribution in [3.63, 3.8) is 0 Å². The number of carbonyl (C=O) groups is 3. The number of amides is 1. The molecule has 64 heavy (non-hydrogen) atoms. The molecule has 1 aromatic carbocycles. The molecule has 0 saturated carbocycles. The molecule has 1 saturated heterocycles. The van der Waals surface area contributed by atoms with Gasteiger partial charge in [-0.25, -0.2) is 4.98 Å². The lowest BCUT2D eigenvalue weighted by molar-refractivity contribution is -0.147. The van der Waals surface area contributed by atoms with Gasteiger partial charge in [0.1, 0.15) is 17.7 Å². The number of carboxylic acids is 2. The third-order valence-corrected chi connectivity index (χ3v) is 11.7. The number of hydrogen-bond donors (Lipinski definition) is 7. The second-order valence-corrected chi connectivity index (χ2v) is 17.9. The number of benzene rings is 1. The van der Waals surface area contributed by atoms with Crippen LogP contribution in [0.25, 0.3) is 5.70 Å². The van der Waals surface area contributed by atoms with Crippen molar-refractivity contribution in [2.24, 2.45) is 11.3 Å². The van der Waals surface area contributed by atoms with Gasteiger partial charge < -0.3 is 46.2 Å². The maximum absolute atomic E-state index is 12.1. The molecular weight excluding hydrogens is 829 g/mol. The molecule has 3 atom stereocenters. The summed E-state index contributed by atoms with van der Waals surface area (Å²) in [7, 11) is 1.56. The maximum Gasteiger partial charge on any atom is 0.322 e. The molecule has 2 aromatic rings. The van der Waals surface area contributed by atoms with Crippen LogP contribution in [-0.2, 0) is 25.5 Å². The first-order chi connectivity index (χ1) is 30.6. The highest BCUT2D eigenvalue weighted by Gasteiger charge is 2.32. The van der Waals surface area contributed by atoms with Gasteiger partial charge in [0, 0.05) is 62.1 Å². The SMILES string of the molecule is C1CCNCC1.C=C(NC(Cc1ccc(NCC(=O)O)cc1)CC(C)(C)C(=O)O)c1csc(C(CC(C(C)C)N(CCCCCC)C(=C)CCCC)OCCCO)n1.CC.CNC=O. The van der Waals surface area contributed by atoms with Crippen molar-refractivity contribution in [2.45, 2.75) is 163 Å². The van der Waals surface area contributed by atoms with Crippen molar-refractivity contribution in [3.8, 4) is 0 Å². The molecule has 0 bridgehead atoms. The average Bonchev–Trinajstić information content (AvgIpc) is 3.79. The smallest absolute Gasteiger partial charge is 0.322 e. The van der Waals surface area contributed by atoms with Crippen LogP contribution in [-0.4, -0.2) is 102 Å². The third kappa shape index (κ3) is 26.1. The number of piperidine rings is 1. The molecule has 1 aliphatic rings. The van der Waals surface area contributed by atoms with E-state index in [9.17, 15) is 19.8 Å². The number of aliphatic hydroxyl groups is 1. The standard InChI is InChI=1S/C41H66N4O6S.C5H11N.C2H5NO.C2H6/c1-9-11-13-14-21-45(30(5)16-12-10-2)36(29(3)4)25-37(51-23-15-22-46)39-44-35(28-52-39)31(6)43-34(26-41(7,8)40(49)50)24-32-17-19-33(20-18-32)42-27-38(47)48;1-2-4-6-5-3-1;1-3-2-4;1-2/h17-20,28-29,34,36-37,42-43,46H,5-6,9-16,21-27H2,1-4,7-8H3,(H,47,48)(H,49,50);6H,1-5H2;2H,1H3,(H,3,4);1-2H3. The predicted octanol–water partition coefficient (Wildman–Crippen LogP) is 9.90. The Morgan fingerprint density at radius 3 is 2.14 bits per heavy atom. The zero-order valence-corrected chi connectivity index (χ0v) is 41.9. The number of aromatic nitrogens is 1. The van der Waals surface area contributed by atoms with Crippen LogP contribution in [0.15, 0.2) is 48.5 Å². The van der Waals surface area contributed by atoms with Gasteiger partial charge in [0.2, 0.25) is 6.41 Å². The van der Waals surface area contributed by atoms with Gasteiger partial charge in [0.05, 0.1) is 16.8 Å². The predicted molar refractivity (Wildman–Crippen MR) is 267 cm³/mol. The summed E-state index contributed by atoms with van der Waals surface area (Å²) < 4.78 is 6.47. The number of nitrogens with one attached hydrogen (secondary N) is 4. The van der Waals surface area contributed by atoms with E-state index in [-0.39, 0.29) is 31.3 Å². The first-order valence-corrected chi connectivity index (χ1v) is 24.7. The first kappa shape index (κ1) is 60.0. The first-order valence-electron chi connectivity index (χ1n) is 23.8. The van der Waals surface area contributed by atoms with E-state index in [2.05, 4.69) is 67.0 Å². The summed E-state index contributed by atoms with van der Waals surface area (Å²) in [6.07, 6.45) is 14.6. The number of aliphatic hydroxyl groups excluding tert-OH is 1. The fourth-order valence-electron chi connectivity index (χ4n) is 7.10. The molecule has 3 rings (SSSR count). The van der Waals surface area contributed by atoms with Crippen LogP contribution in [0.5, 0.6) is 0 Å². The van der Waals surface area contributed by atoms with Crippen molar-refractivity contribution in [1.82, 2.24) is 25.8 Å². The summed E-state index contributed by atoms with van der Waals surface area (Å²) in [5, 5.41) is 43.2. The van der Waals surface area contributed by atoms with E-state index in [4.69, 9.17) is 19.6 Å². The van der Waals surface area contributed by atoms with Gasteiger partial charge in [0.25, 0.3) is 0 Å². The lowest BCUT2D eigenvalue weighted by atomic mass is 9.83. The minimum Gasteiger partial charge on any atom is -0.481 e. The van der Waals surface area contributed by atoms with E-state index in [1.54, 1.807) is 20.9 Å². The molecule has 0 radical (unpaired) electrons. The van der Waals surface area contributed by atoms with Gasteiger partial charge in [-0.3, -0.25) is 14.4 Å². The average molecular weight is 917 g/mol. The van der Waals surface area contributed by atoms with Crippen LogP contribution in [0.2, 0.25) is 0 Å². The number of anilines is 1. The van der Waals surface area contributed by atoms with Crippen molar-refractivity contribution in [2.75, 3.05) is 51.8 Å². The fraction of sp³-hybridized carbons (Fsp3) is 0.680. The molecule has 3 unspecified atom stereocenters. The number of unbranched alkanes of at least 4 members (excludes halogenated alkanes) is 4. The van der Waals surface area contributed by atoms with Crippen LogP contribution in [0.3, 0.4) is 0 Å². The monoisotopic (exact) mass is 917 g/mol. The van der Waals surface area contributed by atoms with Gasteiger partial charge in [-0.05, 0) is 102 Å². The Morgan fingerprint density at radius 2 is 1.64 bits per heavy atom. The molecule has 13 nitrogen and oxygen atoms in total. The van der Waals surface area contributed by atoms with Crippen molar-refractivity contribution in [3.05, 3.63) is 64.8 Å². The molecule has 0 aliphatic carbocycles. The van der Waals surface area contributed by atoms with Crippen molar-refractivity contribution < 1.29 is 34.4 Å². The molecular formula is C50H88N6O7S. The summed E-state index contributed by atoms with van der Waals surface area (Å²) >= 11 is 1.53. The van der Waals surface area contributed by atoms with Crippen molar-refractivity contribution in [1.29, 1.82) is 0 Å². The number of hydrogen-bond acceptors (Lipinski definition) is 11. The second-order valence-electron chi connectivity index (χ2n) is 17.1. The highest BCUT2D eigenvalue weighted by Crippen LogP contribution is 2.34. The van der Waals surface area contributed by atoms with Crippen LogP contribution in [0, 0.1) is 11.3 Å². The Hall–Kier alpha value is -3.98. The number of ether oxygens (including phenoxy) is 1. The van der Waals surface area contributed by atoms with Crippen molar-refractivity contribution >= 4 is 41.1 Å². The highest BCUT2D eigenvalue weighted by molar-refractivity contribution is 7.09. The van der Waals surface area contributed by atoms with Gasteiger partial charge in [-0.15, -0.1) is 11.3 Å². The number of aliphatic carboxylic acids is 2. The summed E-state index contributed by atoms with van der Waals surface area (Å²) in [6.45, 7) is 29.0. The molecule has 14 heteroatoms. The number of carboxylic acid groups (broad SMARTS) is 2. The molecule has 1 aliphatic heterocycles. The van der Waals surface area contributed by atoms with Crippen LogP contribution in [0.4, 0.5) is 5.69 Å². The normalized spacial score (nSPS) is 13.5. The number of thiazole rings is 1. The lowest BCUT2D eigenvalue weighted by Gasteiger charge is -2.39. The van der Waals surface area contributed by atoms with Gasteiger partial charge in [0.15, 0.2) is 0 Å². The molecule has 0 spiro atoms. The van der Waals surface area contributed by atoms with Gasteiger partial charge >= 0.3 is 11.9 Å². The Balaban J connectivity index is 0.00000289. The third-order valence-electron chi connectivity index (χ3n) is 10.7. The van der Waals surface area contributed by atoms with Crippen LogP contribution in [0.1, 0.15) is 161 Å². The Morgan fingerprint density at radius 1 is 1.00 bits per heavy atom. The van der Waals surface area contributed by atoms with E-state index in [1.165, 1.54) is 68.6 Å². The second kappa shape index (κ2) is 36.3. The number of nitrogens with zero attached hydrogens (tertiary/aromatic N) is 2. The topological polar surface area (TPSA) is 185 Å². The minimum absolute atomic E-state index is 0.0528. The van der Waals surface area contributed by atoms with E-state index >= 15 is 0 Å². The quantitative estimate of drug-likeness (QED) is 0.0291. The van der Waals surface area contributed by atoms with E-state index in [1.807, 2.05) is 43.5 Å². The molecule has 1 fully saturated rings. The van der Waals surface area contributed by atoms with E-state index in [0.717, 1.165) is 49.2 Å². The number of carbonyl (C=O) groups excluding carboxylic acids is 1. The Labute approximate surface area is 391 Å². The number of rotatable bonds is 30. The summed E-state index contributed by atoms with van der Waals surface area (Å²) in [5.41, 5.74) is 3.16. The Bertz CT molecular complexity index is 1540. The van der Waals surface area contributed by atoms with Gasteiger partial charge in [-0.1, -0.05) is 98.9 Å². The zero-order chi connectivity index (χ0) is 48.3. The highest BCUT2D eigenvalue weighted by atomic mass is 32.1. The summed E-state index contributed by atoms with van der Waals surface area (Å²) in [5.74, 6) is -1.47. The summed E-state index contributed by atoms with van der Waals surface area (Å²) in [6, 6.07) is 7.42. The molecule has 1 amide bonds. The van der Waals surface area contributed by atoms with Gasteiger partial charge in [-0.2, -0.15) is 0 Å². The minimum atomic E-state index is -0.991. The molecule has 2 heterocycles.